The molecule has 0 amide bonds. The van der Waals surface area contributed by atoms with Gasteiger partial charge in [0.25, 0.3) is 0 Å². The molecule has 0 aromatic heterocycles. The molecular formula is C6H13S+. The minimum absolute atomic E-state index is 0.445. The summed E-state index contributed by atoms with van der Waals surface area (Å²) < 4.78 is 0. The van der Waals surface area contributed by atoms with E-state index in [1.54, 1.807) is 0 Å². The van der Waals surface area contributed by atoms with Gasteiger partial charge in [-0.15, -0.1) is 0 Å². The van der Waals surface area contributed by atoms with Crippen molar-refractivity contribution in [1.82, 2.24) is 0 Å². The van der Waals surface area contributed by atoms with E-state index >= 15 is 0 Å². The largest absolute Gasteiger partial charge is 0.123 e. The molecule has 0 bridgehead atoms. The van der Waals surface area contributed by atoms with Crippen LogP contribution in [0.2, 0.25) is 0 Å². The van der Waals surface area contributed by atoms with Gasteiger partial charge in [0.1, 0.15) is 17.4 Å². The molecule has 0 aromatic rings. The van der Waals surface area contributed by atoms with Crippen molar-refractivity contribution in [1.29, 1.82) is 0 Å². The first-order valence-corrected chi connectivity index (χ1v) is 4.48. The number of hydrogen-bond donors (Lipinski definition) is 0. The summed E-state index contributed by atoms with van der Waals surface area (Å²) in [6.45, 7) is 6.03. The van der Waals surface area contributed by atoms with Crippen molar-refractivity contribution >= 4 is 10.9 Å². The molecule has 0 aromatic carbocycles. The molecule has 0 aliphatic rings. The smallest absolute Gasteiger partial charge is 0.0570 e. The van der Waals surface area contributed by atoms with E-state index < -0.39 is 0 Å². The van der Waals surface area contributed by atoms with E-state index in [2.05, 4.69) is 26.0 Å². The van der Waals surface area contributed by atoms with E-state index in [1.807, 2.05) is 0 Å². The Morgan fingerprint density at radius 2 is 2.00 bits per heavy atom. The number of allylic oxidation sites excluding steroid dienone is 1. The Morgan fingerprint density at radius 1 is 1.57 bits per heavy atom. The number of hydrogen-bond acceptors (Lipinski definition) is 0. The van der Waals surface area contributed by atoms with Crippen molar-refractivity contribution in [2.24, 2.45) is 0 Å². The van der Waals surface area contributed by atoms with Crippen molar-refractivity contribution in [3.8, 4) is 0 Å². The van der Waals surface area contributed by atoms with E-state index in [9.17, 15) is 0 Å². The first-order valence-electron chi connectivity index (χ1n) is 2.43. The second kappa shape index (κ2) is 3.14. The van der Waals surface area contributed by atoms with E-state index in [4.69, 9.17) is 0 Å². The van der Waals surface area contributed by atoms with E-state index in [-0.39, 0.29) is 0 Å². The van der Waals surface area contributed by atoms with Gasteiger partial charge in [-0.25, -0.2) is 0 Å². The third-order valence-corrected chi connectivity index (χ3v) is 2.42. The summed E-state index contributed by atoms with van der Waals surface area (Å²) in [6.07, 6.45) is 5.54. The molecule has 0 fully saturated rings. The normalized spacial score (nSPS) is 9.71. The predicted octanol–water partition coefficient (Wildman–Crippen LogP) is 1.79. The highest BCUT2D eigenvalue weighted by Gasteiger charge is 2.03. The van der Waals surface area contributed by atoms with Crippen LogP contribution in [0.4, 0.5) is 0 Å². The fourth-order valence-electron chi connectivity index (χ4n) is 0.289. The van der Waals surface area contributed by atoms with Crippen molar-refractivity contribution in [3.63, 3.8) is 0 Å². The monoisotopic (exact) mass is 117 g/mol. The van der Waals surface area contributed by atoms with Crippen LogP contribution in [0.3, 0.4) is 0 Å². The predicted molar refractivity (Wildman–Crippen MR) is 38.6 cm³/mol. The maximum atomic E-state index is 3.89. The van der Waals surface area contributed by atoms with Crippen LogP contribution in [0.5, 0.6) is 0 Å². The van der Waals surface area contributed by atoms with Gasteiger partial charge in [-0.05, 0) is 6.58 Å². The van der Waals surface area contributed by atoms with E-state index in [1.165, 1.54) is 4.91 Å². The highest BCUT2D eigenvalue weighted by atomic mass is 32.2. The zero-order chi connectivity index (χ0) is 5.86. The second-order valence-corrected chi connectivity index (χ2v) is 3.92. The molecule has 7 heavy (non-hydrogen) atoms. The summed E-state index contributed by atoms with van der Waals surface area (Å²) in [7, 11) is 0.445. The Bertz CT molecular complexity index is 64.6. The molecule has 0 rings (SSSR count). The second-order valence-electron chi connectivity index (χ2n) is 1.71. The molecule has 0 atom stereocenters. The molecular weight excluding hydrogens is 104 g/mol. The lowest BCUT2D eigenvalue weighted by molar-refractivity contribution is 1.20. The quantitative estimate of drug-likeness (QED) is 0.484. The Morgan fingerprint density at radius 3 is 2.00 bits per heavy atom. The van der Waals surface area contributed by atoms with Gasteiger partial charge in [0, 0.05) is 17.3 Å². The highest BCUT2D eigenvalue weighted by molar-refractivity contribution is 7.99. The van der Waals surface area contributed by atoms with Gasteiger partial charge in [0.15, 0.2) is 0 Å². The first kappa shape index (κ1) is 7.09. The average Bonchev–Trinajstić information content (AvgIpc) is 1.65. The van der Waals surface area contributed by atoms with Crippen LogP contribution in [0.25, 0.3) is 0 Å². The van der Waals surface area contributed by atoms with Crippen molar-refractivity contribution in [2.75, 3.05) is 12.5 Å². The van der Waals surface area contributed by atoms with Crippen LogP contribution in [0, 0.1) is 0 Å². The van der Waals surface area contributed by atoms with Crippen LogP contribution < -0.4 is 0 Å². The minimum Gasteiger partial charge on any atom is -0.0570 e. The molecule has 0 aliphatic carbocycles. The molecule has 0 saturated heterocycles. The zero-order valence-corrected chi connectivity index (χ0v) is 6.14. The fraction of sp³-hybridized carbons (Fsp3) is 0.667. The third-order valence-electron chi connectivity index (χ3n) is 0.972. The molecule has 42 valence electrons. The standard InChI is InChI=1S/C6H13S/c1-5-6(2)7(3)4/h2,5H2,1,3-4H3/q+1. The third kappa shape index (κ3) is 2.75. The maximum Gasteiger partial charge on any atom is 0.123 e. The summed E-state index contributed by atoms with van der Waals surface area (Å²) in [4.78, 5) is 1.38. The van der Waals surface area contributed by atoms with Crippen molar-refractivity contribution in [3.05, 3.63) is 11.5 Å². The van der Waals surface area contributed by atoms with Crippen LogP contribution in [-0.4, -0.2) is 12.5 Å². The molecule has 0 spiro atoms. The van der Waals surface area contributed by atoms with Gasteiger partial charge >= 0.3 is 0 Å². The lowest BCUT2D eigenvalue weighted by atomic mass is 10.5. The topological polar surface area (TPSA) is 0 Å². The van der Waals surface area contributed by atoms with Gasteiger partial charge in [0.2, 0.25) is 0 Å². The summed E-state index contributed by atoms with van der Waals surface area (Å²) in [6, 6.07) is 0. The fourth-order valence-corrected chi connectivity index (χ4v) is 0.866. The average molecular weight is 117 g/mol. The van der Waals surface area contributed by atoms with Gasteiger partial charge in [0.05, 0.1) is 0 Å². The minimum atomic E-state index is 0.445. The summed E-state index contributed by atoms with van der Waals surface area (Å²) in [5.74, 6) is 0. The van der Waals surface area contributed by atoms with E-state index in [0.29, 0.717) is 10.9 Å². The molecule has 0 unspecified atom stereocenters. The van der Waals surface area contributed by atoms with Gasteiger partial charge in [-0.2, -0.15) is 0 Å². The molecule has 0 N–H and O–H groups in total. The van der Waals surface area contributed by atoms with Crippen LogP contribution in [0.15, 0.2) is 11.5 Å². The Kier molecular flexibility index (Phi) is 3.18. The Labute approximate surface area is 49.0 Å². The lowest BCUT2D eigenvalue weighted by Crippen LogP contribution is -1.95. The molecule has 1 heteroatoms. The van der Waals surface area contributed by atoms with Gasteiger partial charge < -0.3 is 0 Å². The molecule has 0 saturated carbocycles. The highest BCUT2D eigenvalue weighted by Crippen LogP contribution is 2.04. The molecule has 0 aliphatic heterocycles. The van der Waals surface area contributed by atoms with Gasteiger partial charge in [-0.3, -0.25) is 0 Å². The summed E-state index contributed by atoms with van der Waals surface area (Å²) >= 11 is 0. The van der Waals surface area contributed by atoms with Crippen LogP contribution in [-0.2, 0) is 10.9 Å². The van der Waals surface area contributed by atoms with Crippen molar-refractivity contribution < 1.29 is 0 Å². The Balaban J connectivity index is 3.35. The van der Waals surface area contributed by atoms with Crippen LogP contribution >= 0.6 is 0 Å². The van der Waals surface area contributed by atoms with E-state index in [0.717, 1.165) is 6.42 Å². The molecule has 0 nitrogen and oxygen atoms in total. The SMILES string of the molecule is C=C(CC)[S+](C)C. The molecule has 0 radical (unpaired) electrons. The lowest BCUT2D eigenvalue weighted by Gasteiger charge is -1.92. The maximum absolute atomic E-state index is 3.89. The zero-order valence-electron chi connectivity index (χ0n) is 5.32. The van der Waals surface area contributed by atoms with Crippen LogP contribution in [0.1, 0.15) is 13.3 Å². The molecule has 0 heterocycles. The first-order chi connectivity index (χ1) is 3.18. The summed E-state index contributed by atoms with van der Waals surface area (Å²) in [5, 5.41) is 0. The summed E-state index contributed by atoms with van der Waals surface area (Å²) in [5.41, 5.74) is 0. The van der Waals surface area contributed by atoms with Gasteiger partial charge in [-0.1, -0.05) is 6.92 Å². The number of rotatable bonds is 2. The Hall–Kier alpha value is 0.0900. The van der Waals surface area contributed by atoms with Crippen molar-refractivity contribution in [2.45, 2.75) is 13.3 Å².